The highest BCUT2D eigenvalue weighted by molar-refractivity contribution is 6.00. The van der Waals surface area contributed by atoms with Crippen LogP contribution in [0.3, 0.4) is 0 Å². The number of aromatic nitrogens is 1. The first-order valence-electron chi connectivity index (χ1n) is 5.79. The van der Waals surface area contributed by atoms with Crippen molar-refractivity contribution in [2.75, 3.05) is 0 Å². The number of amides is 1. The summed E-state index contributed by atoms with van der Waals surface area (Å²) in [5.74, 6) is -2.03. The Balaban J connectivity index is 2.18. The molecule has 0 atom stereocenters. The van der Waals surface area contributed by atoms with Crippen LogP contribution in [0.4, 0.5) is 8.78 Å². The summed E-state index contributed by atoms with van der Waals surface area (Å²) in [6.07, 6.45) is 1.46. The van der Waals surface area contributed by atoms with Gasteiger partial charge in [0, 0.05) is 6.20 Å². The number of carbonyl (C=O) groups excluding carboxylic acids is 1. The van der Waals surface area contributed by atoms with Crippen LogP contribution < -0.4 is 5.43 Å². The van der Waals surface area contributed by atoms with Crippen LogP contribution in [0.5, 0.6) is 0 Å². The third kappa shape index (κ3) is 3.03. The van der Waals surface area contributed by atoms with Gasteiger partial charge in [0.25, 0.3) is 5.91 Å². The number of rotatable bonds is 3. The van der Waals surface area contributed by atoms with Crippen LogP contribution in [-0.2, 0) is 0 Å². The van der Waals surface area contributed by atoms with E-state index in [1.807, 2.05) is 0 Å². The lowest BCUT2D eigenvalue weighted by Gasteiger charge is -2.05. The molecule has 0 radical (unpaired) electrons. The summed E-state index contributed by atoms with van der Waals surface area (Å²) in [7, 11) is 0. The van der Waals surface area contributed by atoms with Crippen LogP contribution in [-0.4, -0.2) is 16.6 Å². The van der Waals surface area contributed by atoms with E-state index in [9.17, 15) is 13.6 Å². The van der Waals surface area contributed by atoms with Crippen molar-refractivity contribution in [3.8, 4) is 0 Å². The van der Waals surface area contributed by atoms with E-state index in [1.54, 1.807) is 12.1 Å². The van der Waals surface area contributed by atoms with E-state index in [1.165, 1.54) is 25.3 Å². The topological polar surface area (TPSA) is 54.4 Å². The van der Waals surface area contributed by atoms with Crippen molar-refractivity contribution in [2.24, 2.45) is 5.10 Å². The van der Waals surface area contributed by atoms with Gasteiger partial charge >= 0.3 is 0 Å². The molecule has 0 saturated heterocycles. The quantitative estimate of drug-likeness (QED) is 0.691. The van der Waals surface area contributed by atoms with Crippen molar-refractivity contribution in [3.05, 3.63) is 65.5 Å². The van der Waals surface area contributed by atoms with Gasteiger partial charge in [0.1, 0.15) is 17.3 Å². The fourth-order valence-electron chi connectivity index (χ4n) is 1.59. The molecule has 1 aromatic carbocycles. The van der Waals surface area contributed by atoms with Gasteiger partial charge in [-0.1, -0.05) is 12.1 Å². The Morgan fingerprint density at radius 1 is 1.15 bits per heavy atom. The third-order valence-electron chi connectivity index (χ3n) is 2.55. The zero-order chi connectivity index (χ0) is 14.5. The van der Waals surface area contributed by atoms with Gasteiger partial charge < -0.3 is 0 Å². The number of halogens is 2. The van der Waals surface area contributed by atoms with Crippen molar-refractivity contribution >= 4 is 11.6 Å². The van der Waals surface area contributed by atoms with E-state index in [0.29, 0.717) is 0 Å². The SMILES string of the molecule is C/C(=N/NC(=O)c1ccccn1)c1c(F)cccc1F. The molecule has 0 aliphatic heterocycles. The summed E-state index contributed by atoms with van der Waals surface area (Å²) in [4.78, 5) is 15.5. The minimum atomic E-state index is -0.738. The fraction of sp³-hybridized carbons (Fsp3) is 0.0714. The normalized spacial score (nSPS) is 11.2. The molecule has 1 N–H and O–H groups in total. The first-order valence-corrected chi connectivity index (χ1v) is 5.79. The number of hydrazone groups is 1. The number of hydrogen-bond donors (Lipinski definition) is 1. The van der Waals surface area contributed by atoms with E-state index in [4.69, 9.17) is 0 Å². The molecule has 6 heteroatoms. The zero-order valence-electron chi connectivity index (χ0n) is 10.6. The Kier molecular flexibility index (Phi) is 4.14. The first-order chi connectivity index (χ1) is 9.59. The van der Waals surface area contributed by atoms with Crippen molar-refractivity contribution < 1.29 is 13.6 Å². The molecule has 1 aromatic heterocycles. The third-order valence-corrected chi connectivity index (χ3v) is 2.55. The maximum absolute atomic E-state index is 13.5. The lowest BCUT2D eigenvalue weighted by atomic mass is 10.1. The summed E-state index contributed by atoms with van der Waals surface area (Å²) in [6.45, 7) is 1.40. The molecule has 4 nitrogen and oxygen atoms in total. The van der Waals surface area contributed by atoms with Gasteiger partial charge in [-0.05, 0) is 31.2 Å². The number of pyridine rings is 1. The molecule has 2 rings (SSSR count). The summed E-state index contributed by atoms with van der Waals surface area (Å²) in [5.41, 5.74) is 2.13. The molecule has 20 heavy (non-hydrogen) atoms. The highest BCUT2D eigenvalue weighted by Crippen LogP contribution is 2.12. The fourth-order valence-corrected chi connectivity index (χ4v) is 1.59. The van der Waals surface area contributed by atoms with Crippen LogP contribution in [0.2, 0.25) is 0 Å². The van der Waals surface area contributed by atoms with E-state index in [2.05, 4.69) is 15.5 Å². The molecule has 2 aromatic rings. The first kappa shape index (κ1) is 13.8. The standard InChI is InChI=1S/C14H11F2N3O/c1-9(13-10(15)5-4-6-11(13)16)18-19-14(20)12-7-2-3-8-17-12/h2-8H,1H3,(H,19,20)/b18-9-. The van der Waals surface area contributed by atoms with Gasteiger partial charge in [-0.15, -0.1) is 0 Å². The molecule has 0 spiro atoms. The van der Waals surface area contributed by atoms with Gasteiger partial charge in [0.05, 0.1) is 11.3 Å². The van der Waals surface area contributed by atoms with E-state index in [-0.39, 0.29) is 17.0 Å². The van der Waals surface area contributed by atoms with Gasteiger partial charge in [0.2, 0.25) is 0 Å². The highest BCUT2D eigenvalue weighted by atomic mass is 19.1. The molecular formula is C14H11F2N3O. The van der Waals surface area contributed by atoms with Gasteiger partial charge in [-0.3, -0.25) is 9.78 Å². The molecule has 1 amide bonds. The molecule has 0 fully saturated rings. The largest absolute Gasteiger partial charge is 0.289 e. The summed E-state index contributed by atoms with van der Waals surface area (Å²) in [5, 5.41) is 3.69. The number of hydrogen-bond acceptors (Lipinski definition) is 3. The Morgan fingerprint density at radius 3 is 2.45 bits per heavy atom. The maximum Gasteiger partial charge on any atom is 0.289 e. The van der Waals surface area contributed by atoms with Crippen LogP contribution in [0.1, 0.15) is 23.0 Å². The molecule has 0 saturated carbocycles. The van der Waals surface area contributed by atoms with Gasteiger partial charge in [-0.25, -0.2) is 14.2 Å². The molecule has 0 aliphatic rings. The molecule has 0 unspecified atom stereocenters. The Labute approximate surface area is 114 Å². The maximum atomic E-state index is 13.5. The molecule has 1 heterocycles. The molecule has 0 bridgehead atoms. The van der Waals surface area contributed by atoms with Crippen LogP contribution in [0, 0.1) is 11.6 Å². The molecular weight excluding hydrogens is 264 g/mol. The lowest BCUT2D eigenvalue weighted by Crippen LogP contribution is -2.21. The predicted molar refractivity (Wildman–Crippen MR) is 70.3 cm³/mol. The van der Waals surface area contributed by atoms with E-state index in [0.717, 1.165) is 12.1 Å². The summed E-state index contributed by atoms with van der Waals surface area (Å²) >= 11 is 0. The number of nitrogens with zero attached hydrogens (tertiary/aromatic N) is 2. The second kappa shape index (κ2) is 6.01. The molecule has 102 valence electrons. The lowest BCUT2D eigenvalue weighted by molar-refractivity contribution is 0.0950. The minimum absolute atomic E-state index is 0.0323. The van der Waals surface area contributed by atoms with E-state index < -0.39 is 17.5 Å². The van der Waals surface area contributed by atoms with Crippen LogP contribution in [0.25, 0.3) is 0 Å². The van der Waals surface area contributed by atoms with Crippen LogP contribution >= 0.6 is 0 Å². The smallest absolute Gasteiger partial charge is 0.266 e. The van der Waals surface area contributed by atoms with E-state index >= 15 is 0 Å². The van der Waals surface area contributed by atoms with Gasteiger partial charge in [-0.2, -0.15) is 5.10 Å². The summed E-state index contributed by atoms with van der Waals surface area (Å²) in [6, 6.07) is 8.32. The molecule has 0 aliphatic carbocycles. The van der Waals surface area contributed by atoms with Crippen LogP contribution in [0.15, 0.2) is 47.7 Å². The van der Waals surface area contributed by atoms with Gasteiger partial charge in [0.15, 0.2) is 0 Å². The Morgan fingerprint density at radius 2 is 1.85 bits per heavy atom. The van der Waals surface area contributed by atoms with Crippen molar-refractivity contribution in [2.45, 2.75) is 6.92 Å². The monoisotopic (exact) mass is 275 g/mol. The Hall–Kier alpha value is -2.63. The zero-order valence-corrected chi connectivity index (χ0v) is 10.6. The Bertz CT molecular complexity index is 636. The average molecular weight is 275 g/mol. The number of benzene rings is 1. The average Bonchev–Trinajstić information content (AvgIpc) is 2.45. The predicted octanol–water partition coefficient (Wildman–Crippen LogP) is 2.51. The van der Waals surface area contributed by atoms with Crippen molar-refractivity contribution in [1.29, 1.82) is 0 Å². The second-order valence-corrected chi connectivity index (χ2v) is 3.95. The summed E-state index contributed by atoms with van der Waals surface area (Å²) < 4.78 is 27.0. The van der Waals surface area contributed by atoms with Crippen molar-refractivity contribution in [1.82, 2.24) is 10.4 Å². The number of nitrogens with one attached hydrogen (secondary N) is 1. The second-order valence-electron chi connectivity index (χ2n) is 3.95. The minimum Gasteiger partial charge on any atom is -0.266 e. The highest BCUT2D eigenvalue weighted by Gasteiger charge is 2.12. The number of carbonyl (C=O) groups is 1. The van der Waals surface area contributed by atoms with Crippen molar-refractivity contribution in [3.63, 3.8) is 0 Å².